The Morgan fingerprint density at radius 2 is 1.83 bits per heavy atom. The lowest BCUT2D eigenvalue weighted by Crippen LogP contribution is -2.45. The quantitative estimate of drug-likeness (QED) is 0.846. The topological polar surface area (TPSA) is 66.8 Å². The second-order valence-corrected chi connectivity index (χ2v) is 8.92. The number of methoxy groups -OCH3 is 1. The number of nitrogens with zero attached hydrogens (tertiary/aromatic N) is 1. The van der Waals surface area contributed by atoms with Gasteiger partial charge in [-0.3, -0.25) is 0 Å². The van der Waals surface area contributed by atoms with E-state index in [0.717, 1.165) is 0 Å². The van der Waals surface area contributed by atoms with Crippen molar-refractivity contribution in [3.8, 4) is 0 Å². The van der Waals surface area contributed by atoms with Crippen LogP contribution in [0.1, 0.15) is 38.4 Å². The molecule has 7 heteroatoms. The fourth-order valence-electron chi connectivity index (χ4n) is 2.99. The largest absolute Gasteiger partial charge is 0.388 e. The Bertz CT molecular complexity index is 637. The normalized spacial score (nSPS) is 19.4. The van der Waals surface area contributed by atoms with E-state index in [1.54, 1.807) is 26.0 Å². The number of halogens is 1. The van der Waals surface area contributed by atoms with Crippen LogP contribution in [0.2, 0.25) is 0 Å². The highest BCUT2D eigenvalue weighted by Crippen LogP contribution is 2.32. The first kappa shape index (κ1) is 19.3. The highest BCUT2D eigenvalue weighted by atomic mass is 32.2. The molecule has 1 atom stereocenters. The summed E-state index contributed by atoms with van der Waals surface area (Å²) in [6, 6.07) is 5.80. The van der Waals surface area contributed by atoms with Gasteiger partial charge >= 0.3 is 0 Å². The maximum atomic E-state index is 13.0. The molecular weight excluding hydrogens is 333 g/mol. The van der Waals surface area contributed by atoms with Gasteiger partial charge in [0.1, 0.15) is 5.82 Å². The van der Waals surface area contributed by atoms with Gasteiger partial charge in [0.2, 0.25) is 10.0 Å². The van der Waals surface area contributed by atoms with Gasteiger partial charge in [0.15, 0.2) is 0 Å². The van der Waals surface area contributed by atoms with Crippen LogP contribution in [-0.4, -0.2) is 49.4 Å². The lowest BCUT2D eigenvalue weighted by Gasteiger charge is -2.35. The molecule has 0 aromatic heterocycles. The number of aliphatic hydroxyl groups is 1. The fraction of sp³-hybridized carbons (Fsp3) is 0.647. The van der Waals surface area contributed by atoms with Crippen molar-refractivity contribution in [1.82, 2.24) is 4.31 Å². The Morgan fingerprint density at radius 1 is 1.29 bits per heavy atom. The summed E-state index contributed by atoms with van der Waals surface area (Å²) in [5.41, 5.74) is -0.0678. The van der Waals surface area contributed by atoms with Gasteiger partial charge in [-0.1, -0.05) is 12.1 Å². The molecular formula is C17H26FNO4S. The molecule has 1 aliphatic heterocycles. The van der Waals surface area contributed by atoms with E-state index >= 15 is 0 Å². The van der Waals surface area contributed by atoms with Crippen LogP contribution in [0, 0.1) is 11.7 Å². The van der Waals surface area contributed by atoms with Crippen LogP contribution in [0.15, 0.2) is 24.3 Å². The van der Waals surface area contributed by atoms with Crippen molar-refractivity contribution in [2.24, 2.45) is 5.92 Å². The van der Waals surface area contributed by atoms with E-state index in [9.17, 15) is 17.9 Å². The molecule has 0 radical (unpaired) electrons. The summed E-state index contributed by atoms with van der Waals surface area (Å²) in [4.78, 5) is 0. The van der Waals surface area contributed by atoms with Gasteiger partial charge < -0.3 is 9.84 Å². The van der Waals surface area contributed by atoms with Crippen LogP contribution in [0.3, 0.4) is 0 Å². The highest BCUT2D eigenvalue weighted by molar-refractivity contribution is 7.89. The van der Waals surface area contributed by atoms with E-state index in [0.29, 0.717) is 31.5 Å². The van der Waals surface area contributed by atoms with Crippen LogP contribution in [0.4, 0.5) is 4.39 Å². The molecule has 0 aliphatic carbocycles. The molecule has 5 nitrogen and oxygen atoms in total. The molecule has 0 bridgehead atoms. The second kappa shape index (κ2) is 7.47. The van der Waals surface area contributed by atoms with E-state index in [4.69, 9.17) is 4.74 Å². The van der Waals surface area contributed by atoms with Crippen molar-refractivity contribution >= 4 is 10.0 Å². The number of hydrogen-bond donors (Lipinski definition) is 1. The van der Waals surface area contributed by atoms with E-state index in [2.05, 4.69) is 0 Å². The average molecular weight is 359 g/mol. The molecule has 0 saturated carbocycles. The Morgan fingerprint density at radius 3 is 2.33 bits per heavy atom. The standard InChI is InChI=1S/C17H26FNO4S/c1-17(2,23-3)12-24(21,22)19-10-8-14(9-11-19)16(20)13-4-6-15(18)7-5-13/h4-7,14,16,20H,8-12H2,1-3H3. The molecule has 1 fully saturated rings. The molecule has 24 heavy (non-hydrogen) atoms. The van der Waals surface area contributed by atoms with Crippen LogP contribution < -0.4 is 0 Å². The molecule has 1 saturated heterocycles. The van der Waals surface area contributed by atoms with Crippen LogP contribution in [0.25, 0.3) is 0 Å². The smallest absolute Gasteiger partial charge is 0.216 e. The molecule has 1 aromatic rings. The number of rotatable bonds is 6. The van der Waals surface area contributed by atoms with Crippen LogP contribution in [0.5, 0.6) is 0 Å². The molecule has 1 aromatic carbocycles. The summed E-state index contributed by atoms with van der Waals surface area (Å²) in [5, 5.41) is 10.4. The van der Waals surface area contributed by atoms with Crippen molar-refractivity contribution in [2.45, 2.75) is 38.4 Å². The van der Waals surface area contributed by atoms with Crippen molar-refractivity contribution in [3.63, 3.8) is 0 Å². The third-order valence-corrected chi connectivity index (χ3v) is 6.84. The zero-order chi connectivity index (χ0) is 18.0. The summed E-state index contributed by atoms with van der Waals surface area (Å²) in [6.45, 7) is 4.25. The zero-order valence-electron chi connectivity index (χ0n) is 14.4. The first-order valence-corrected chi connectivity index (χ1v) is 9.72. The zero-order valence-corrected chi connectivity index (χ0v) is 15.2. The third-order valence-electron chi connectivity index (χ3n) is 4.63. The lowest BCUT2D eigenvalue weighted by molar-refractivity contribution is 0.0405. The van der Waals surface area contributed by atoms with Gasteiger partial charge in [-0.15, -0.1) is 0 Å². The predicted molar refractivity (Wildman–Crippen MR) is 90.5 cm³/mol. The third kappa shape index (κ3) is 4.75. The number of ether oxygens (including phenoxy) is 1. The lowest BCUT2D eigenvalue weighted by atomic mass is 9.88. The molecule has 2 rings (SSSR count). The molecule has 0 amide bonds. The van der Waals surface area contributed by atoms with Gasteiger partial charge in [0.25, 0.3) is 0 Å². The Balaban J connectivity index is 1.96. The summed E-state index contributed by atoms with van der Waals surface area (Å²) < 4.78 is 44.6. The minimum atomic E-state index is -3.40. The molecule has 1 aliphatic rings. The van der Waals surface area contributed by atoms with Gasteiger partial charge in [0.05, 0.1) is 17.5 Å². The Hall–Kier alpha value is -1.02. The summed E-state index contributed by atoms with van der Waals surface area (Å²) in [5.74, 6) is -0.438. The molecule has 0 spiro atoms. The predicted octanol–water partition coefficient (Wildman–Crippen LogP) is 2.33. The Kier molecular flexibility index (Phi) is 6.01. The summed E-state index contributed by atoms with van der Waals surface area (Å²) in [6.07, 6.45) is 0.446. The molecule has 1 unspecified atom stereocenters. The van der Waals surface area contributed by atoms with Crippen molar-refractivity contribution in [3.05, 3.63) is 35.6 Å². The number of hydrogen-bond acceptors (Lipinski definition) is 4. The van der Waals surface area contributed by atoms with Gasteiger partial charge in [-0.25, -0.2) is 17.1 Å². The Labute approximate surface area is 143 Å². The molecule has 1 N–H and O–H groups in total. The second-order valence-electron chi connectivity index (χ2n) is 6.95. The first-order chi connectivity index (χ1) is 11.1. The minimum absolute atomic E-state index is 0.0302. The number of sulfonamides is 1. The van der Waals surface area contributed by atoms with E-state index < -0.39 is 21.7 Å². The van der Waals surface area contributed by atoms with Crippen LogP contribution >= 0.6 is 0 Å². The minimum Gasteiger partial charge on any atom is -0.388 e. The SMILES string of the molecule is COC(C)(C)CS(=O)(=O)N1CCC(C(O)c2ccc(F)cc2)CC1. The molecule has 136 valence electrons. The number of aliphatic hydroxyl groups excluding tert-OH is 1. The summed E-state index contributed by atoms with van der Waals surface area (Å²) >= 11 is 0. The van der Waals surface area contributed by atoms with E-state index in [-0.39, 0.29) is 17.5 Å². The summed E-state index contributed by atoms with van der Waals surface area (Å²) in [7, 11) is -1.89. The number of benzene rings is 1. The highest BCUT2D eigenvalue weighted by Gasteiger charge is 2.35. The first-order valence-electron chi connectivity index (χ1n) is 8.11. The number of piperidine rings is 1. The fourth-order valence-corrected chi connectivity index (χ4v) is 4.94. The van der Waals surface area contributed by atoms with Crippen molar-refractivity contribution in [2.75, 3.05) is 26.0 Å². The monoisotopic (exact) mass is 359 g/mol. The van der Waals surface area contributed by atoms with E-state index in [1.807, 2.05) is 0 Å². The van der Waals surface area contributed by atoms with Gasteiger partial charge in [0, 0.05) is 20.2 Å². The maximum absolute atomic E-state index is 13.0. The maximum Gasteiger partial charge on any atom is 0.216 e. The van der Waals surface area contributed by atoms with Gasteiger partial charge in [-0.05, 0) is 50.3 Å². The van der Waals surface area contributed by atoms with E-state index in [1.165, 1.54) is 23.5 Å². The molecule has 1 heterocycles. The van der Waals surface area contributed by atoms with Crippen molar-refractivity contribution in [1.29, 1.82) is 0 Å². The van der Waals surface area contributed by atoms with Crippen LogP contribution in [-0.2, 0) is 14.8 Å². The van der Waals surface area contributed by atoms with Crippen molar-refractivity contribution < 1.29 is 22.7 Å². The average Bonchev–Trinajstić information content (AvgIpc) is 2.54. The van der Waals surface area contributed by atoms with Gasteiger partial charge in [-0.2, -0.15) is 0 Å².